The summed E-state index contributed by atoms with van der Waals surface area (Å²) in [4.78, 5) is 23.3. The van der Waals surface area contributed by atoms with Crippen LogP contribution in [-0.4, -0.2) is 94.4 Å². The smallest absolute Gasteiger partial charge is 0.315 e. The van der Waals surface area contributed by atoms with Crippen molar-refractivity contribution in [3.05, 3.63) is 0 Å². The monoisotopic (exact) mass is 447 g/mol. The summed E-state index contributed by atoms with van der Waals surface area (Å²) in [5.41, 5.74) is 0. The van der Waals surface area contributed by atoms with Gasteiger partial charge < -0.3 is 34.9 Å². The van der Waals surface area contributed by atoms with Crippen LogP contribution in [0.1, 0.15) is 32.6 Å². The predicted octanol–water partition coefficient (Wildman–Crippen LogP) is 0.915. The number of ether oxygens (including phenoxy) is 4. The van der Waals surface area contributed by atoms with E-state index in [4.69, 9.17) is 18.9 Å². The lowest BCUT2D eigenvalue weighted by Crippen LogP contribution is -2.36. The second-order valence-corrected chi connectivity index (χ2v) is 8.52. The minimum Gasteiger partial charge on any atom is -0.379 e. The van der Waals surface area contributed by atoms with E-state index < -0.39 is 0 Å². The van der Waals surface area contributed by atoms with Crippen LogP contribution in [-0.2, 0) is 23.7 Å². The molecule has 2 rings (SSSR count). The lowest BCUT2D eigenvalue weighted by atomic mass is 10.0. The molecule has 3 amide bonds. The first-order valence-corrected chi connectivity index (χ1v) is 12.0. The molecule has 2 aliphatic rings. The topological polar surface area (TPSA) is 107 Å². The molecule has 0 spiro atoms. The van der Waals surface area contributed by atoms with Crippen LogP contribution in [0.5, 0.6) is 0 Å². The maximum absolute atomic E-state index is 11.9. The van der Waals surface area contributed by atoms with Gasteiger partial charge in [0.2, 0.25) is 5.91 Å². The molecule has 0 aliphatic carbocycles. The van der Waals surface area contributed by atoms with Gasteiger partial charge in [0, 0.05) is 30.6 Å². The van der Waals surface area contributed by atoms with Gasteiger partial charge in [-0.1, -0.05) is 6.42 Å². The highest BCUT2D eigenvalue weighted by atomic mass is 32.2. The number of hydrogen-bond donors (Lipinski definition) is 3. The lowest BCUT2D eigenvalue weighted by molar-refractivity contribution is -0.121. The van der Waals surface area contributed by atoms with E-state index in [9.17, 15) is 9.59 Å². The first-order chi connectivity index (χ1) is 14.7. The van der Waals surface area contributed by atoms with Crippen LogP contribution >= 0.6 is 11.8 Å². The highest BCUT2D eigenvalue weighted by molar-refractivity contribution is 8.00. The van der Waals surface area contributed by atoms with Crippen LogP contribution in [0.25, 0.3) is 0 Å². The summed E-state index contributed by atoms with van der Waals surface area (Å²) in [6.07, 6.45) is 3.42. The van der Waals surface area contributed by atoms with Crippen LogP contribution < -0.4 is 16.0 Å². The van der Waals surface area contributed by atoms with Gasteiger partial charge in [-0.15, -0.1) is 0 Å². The molecule has 9 nitrogen and oxygen atoms in total. The Morgan fingerprint density at radius 3 is 2.37 bits per heavy atom. The van der Waals surface area contributed by atoms with Gasteiger partial charge in [0.1, 0.15) is 0 Å². The Morgan fingerprint density at radius 2 is 1.67 bits per heavy atom. The number of amides is 3. The number of unbranched alkanes of at least 4 members (excludes halogenated alkanes) is 1. The summed E-state index contributed by atoms with van der Waals surface area (Å²) in [6, 6.07) is 0.455. The quantitative estimate of drug-likeness (QED) is 0.212. The molecule has 2 heterocycles. The van der Waals surface area contributed by atoms with E-state index in [0.717, 1.165) is 25.0 Å². The molecule has 0 saturated carbocycles. The molecule has 3 unspecified atom stereocenters. The molecule has 2 aliphatic heterocycles. The number of carbonyl (C=O) groups is 2. The summed E-state index contributed by atoms with van der Waals surface area (Å²) < 4.78 is 21.3. The molecule has 30 heavy (non-hydrogen) atoms. The SMILES string of the molecule is CCOCCOCCOCCOCCNC(=O)CCCCC1SCC2NC(=O)NC21. The number of rotatable bonds is 18. The highest BCUT2D eigenvalue weighted by Crippen LogP contribution is 2.33. The first-order valence-electron chi connectivity index (χ1n) is 11.0. The van der Waals surface area contributed by atoms with Gasteiger partial charge in [-0.2, -0.15) is 11.8 Å². The van der Waals surface area contributed by atoms with Gasteiger partial charge in [0.25, 0.3) is 0 Å². The summed E-state index contributed by atoms with van der Waals surface area (Å²) >= 11 is 1.91. The zero-order valence-corrected chi connectivity index (χ0v) is 18.8. The molecule has 0 aromatic heterocycles. The molecular formula is C20H37N3O6S. The fraction of sp³-hybridized carbons (Fsp3) is 0.900. The van der Waals surface area contributed by atoms with Crippen LogP contribution in [0.4, 0.5) is 4.79 Å². The summed E-state index contributed by atoms with van der Waals surface area (Å²) in [7, 11) is 0. The Kier molecular flexibility index (Phi) is 13.2. The van der Waals surface area contributed by atoms with Gasteiger partial charge in [0.15, 0.2) is 0 Å². The zero-order valence-electron chi connectivity index (χ0n) is 18.0. The third kappa shape index (κ3) is 10.3. The Morgan fingerprint density at radius 1 is 1.00 bits per heavy atom. The molecule has 0 bridgehead atoms. The average molecular weight is 448 g/mol. The van der Waals surface area contributed by atoms with Crippen molar-refractivity contribution in [2.75, 3.05) is 65.2 Å². The Hall–Kier alpha value is -1.07. The van der Waals surface area contributed by atoms with Gasteiger partial charge in [-0.05, 0) is 19.8 Å². The third-order valence-corrected chi connectivity index (χ3v) is 6.48. The molecular weight excluding hydrogens is 410 g/mol. The standard InChI is InChI=1S/C20H37N3O6S/c1-2-26-9-10-28-13-14-29-12-11-27-8-7-21-18(24)6-4-3-5-17-19-16(15-30-17)22-20(25)23-19/h16-17,19H,2-15H2,1H3,(H,21,24)(H2,22,23,25). The minimum atomic E-state index is -0.0502. The highest BCUT2D eigenvalue weighted by Gasteiger charge is 2.42. The zero-order chi connectivity index (χ0) is 21.4. The molecule has 2 fully saturated rings. The van der Waals surface area contributed by atoms with Crippen molar-refractivity contribution in [3.8, 4) is 0 Å². The minimum absolute atomic E-state index is 0.0502. The van der Waals surface area contributed by atoms with Crippen molar-refractivity contribution in [2.45, 2.75) is 49.9 Å². The molecule has 3 N–H and O–H groups in total. The predicted molar refractivity (Wildman–Crippen MR) is 116 cm³/mol. The molecule has 3 atom stereocenters. The molecule has 2 saturated heterocycles. The third-order valence-electron chi connectivity index (χ3n) is 4.97. The number of carbonyl (C=O) groups excluding carboxylic acids is 2. The van der Waals surface area contributed by atoms with Crippen LogP contribution in [0.2, 0.25) is 0 Å². The lowest BCUT2D eigenvalue weighted by Gasteiger charge is -2.16. The number of urea groups is 1. The van der Waals surface area contributed by atoms with E-state index in [-0.39, 0.29) is 24.0 Å². The molecule has 0 aromatic rings. The molecule has 0 radical (unpaired) electrons. The van der Waals surface area contributed by atoms with E-state index in [1.165, 1.54) is 0 Å². The molecule has 174 valence electrons. The van der Waals surface area contributed by atoms with Crippen molar-refractivity contribution in [3.63, 3.8) is 0 Å². The van der Waals surface area contributed by atoms with Crippen molar-refractivity contribution in [2.24, 2.45) is 0 Å². The summed E-state index contributed by atoms with van der Waals surface area (Å²) in [5.74, 6) is 1.04. The van der Waals surface area contributed by atoms with Crippen molar-refractivity contribution >= 4 is 23.7 Å². The number of nitrogens with one attached hydrogen (secondary N) is 3. The fourth-order valence-electron chi connectivity index (χ4n) is 3.43. The van der Waals surface area contributed by atoms with Gasteiger partial charge in [0.05, 0.1) is 58.3 Å². The average Bonchev–Trinajstić information content (AvgIpc) is 3.28. The first kappa shape index (κ1) is 25.2. The van der Waals surface area contributed by atoms with E-state index in [1.807, 2.05) is 18.7 Å². The van der Waals surface area contributed by atoms with Gasteiger partial charge in [-0.3, -0.25) is 4.79 Å². The van der Waals surface area contributed by atoms with Crippen molar-refractivity contribution in [1.82, 2.24) is 16.0 Å². The van der Waals surface area contributed by atoms with Crippen LogP contribution in [0.15, 0.2) is 0 Å². The number of hydrogen-bond acceptors (Lipinski definition) is 7. The largest absolute Gasteiger partial charge is 0.379 e. The maximum atomic E-state index is 11.9. The maximum Gasteiger partial charge on any atom is 0.315 e. The van der Waals surface area contributed by atoms with E-state index in [1.54, 1.807) is 0 Å². The Balaban J connectivity index is 1.31. The van der Waals surface area contributed by atoms with Gasteiger partial charge in [-0.25, -0.2) is 4.79 Å². The van der Waals surface area contributed by atoms with Crippen molar-refractivity contribution in [1.29, 1.82) is 0 Å². The molecule has 10 heteroatoms. The number of fused-ring (bicyclic) bond motifs is 1. The van der Waals surface area contributed by atoms with Crippen LogP contribution in [0.3, 0.4) is 0 Å². The summed E-state index contributed by atoms with van der Waals surface area (Å²) in [6.45, 7) is 6.96. The van der Waals surface area contributed by atoms with Crippen molar-refractivity contribution < 1.29 is 28.5 Å². The second-order valence-electron chi connectivity index (χ2n) is 7.25. The van der Waals surface area contributed by atoms with E-state index in [2.05, 4.69) is 16.0 Å². The normalized spacial score (nSPS) is 22.6. The van der Waals surface area contributed by atoms with E-state index >= 15 is 0 Å². The van der Waals surface area contributed by atoms with E-state index in [0.29, 0.717) is 71.1 Å². The Bertz CT molecular complexity index is 499. The Labute approximate surface area is 183 Å². The number of thioether (sulfide) groups is 1. The second kappa shape index (κ2) is 15.7. The molecule has 0 aromatic carbocycles. The van der Waals surface area contributed by atoms with Gasteiger partial charge >= 0.3 is 6.03 Å². The van der Waals surface area contributed by atoms with Crippen LogP contribution in [0, 0.1) is 0 Å². The fourth-order valence-corrected chi connectivity index (χ4v) is 4.97. The summed E-state index contributed by atoms with van der Waals surface area (Å²) in [5, 5.41) is 9.28.